The first kappa shape index (κ1) is 16.4. The van der Waals surface area contributed by atoms with Crippen molar-refractivity contribution in [2.24, 2.45) is 0 Å². The fourth-order valence-corrected chi connectivity index (χ4v) is 3.50. The average molecular weight is 358 g/mol. The zero-order chi connectivity index (χ0) is 18.8. The molecular weight excluding hydrogens is 340 g/mol. The molecule has 0 aliphatic heterocycles. The summed E-state index contributed by atoms with van der Waals surface area (Å²) in [5.74, 6) is 0. The van der Waals surface area contributed by atoms with Gasteiger partial charge in [-0.3, -0.25) is 9.97 Å². The summed E-state index contributed by atoms with van der Waals surface area (Å²) in [5, 5.41) is 1.15. The van der Waals surface area contributed by atoms with Crippen LogP contribution in [-0.4, -0.2) is 9.97 Å². The molecule has 0 bridgehead atoms. The van der Waals surface area contributed by atoms with Gasteiger partial charge in [-0.2, -0.15) is 0 Å². The minimum Gasteiger partial charge on any atom is -0.256 e. The third-order valence-electron chi connectivity index (χ3n) is 4.96. The monoisotopic (exact) mass is 358 g/mol. The number of benzene rings is 3. The van der Waals surface area contributed by atoms with Crippen molar-refractivity contribution >= 4 is 10.9 Å². The normalized spacial score (nSPS) is 10.9. The van der Waals surface area contributed by atoms with Gasteiger partial charge in [-0.1, -0.05) is 66.7 Å². The summed E-state index contributed by atoms with van der Waals surface area (Å²) in [6.45, 7) is 0. The number of nitrogens with zero attached hydrogens (tertiary/aromatic N) is 2. The number of aromatic nitrogens is 2. The van der Waals surface area contributed by atoms with Crippen LogP contribution < -0.4 is 0 Å². The van der Waals surface area contributed by atoms with E-state index in [0.29, 0.717) is 0 Å². The Kier molecular flexibility index (Phi) is 4.15. The molecule has 0 saturated heterocycles. The fourth-order valence-electron chi connectivity index (χ4n) is 3.50. The SMILES string of the molecule is c1ccc(-c2cccc(-c3cc(-c4ccc5cccnc5c4)ccn3)c2)cc1. The molecule has 5 aromatic rings. The number of pyridine rings is 2. The van der Waals surface area contributed by atoms with E-state index >= 15 is 0 Å². The topological polar surface area (TPSA) is 25.8 Å². The lowest BCUT2D eigenvalue weighted by molar-refractivity contribution is 1.32. The molecule has 5 rings (SSSR count). The van der Waals surface area contributed by atoms with Crippen molar-refractivity contribution in [3.63, 3.8) is 0 Å². The Balaban J connectivity index is 1.55. The molecule has 0 radical (unpaired) electrons. The van der Waals surface area contributed by atoms with Crippen molar-refractivity contribution < 1.29 is 0 Å². The van der Waals surface area contributed by atoms with Crippen LogP contribution in [0.3, 0.4) is 0 Å². The van der Waals surface area contributed by atoms with Crippen molar-refractivity contribution in [2.75, 3.05) is 0 Å². The van der Waals surface area contributed by atoms with Crippen LogP contribution in [0.4, 0.5) is 0 Å². The molecule has 2 heteroatoms. The maximum atomic E-state index is 4.62. The molecule has 2 nitrogen and oxygen atoms in total. The van der Waals surface area contributed by atoms with Crippen LogP contribution in [0, 0.1) is 0 Å². The van der Waals surface area contributed by atoms with E-state index in [1.807, 2.05) is 24.5 Å². The Hall–Kier alpha value is -3.78. The van der Waals surface area contributed by atoms with Gasteiger partial charge in [-0.25, -0.2) is 0 Å². The van der Waals surface area contributed by atoms with E-state index in [1.165, 1.54) is 11.1 Å². The van der Waals surface area contributed by atoms with E-state index in [9.17, 15) is 0 Å². The number of fused-ring (bicyclic) bond motifs is 1. The first-order valence-electron chi connectivity index (χ1n) is 9.34. The smallest absolute Gasteiger partial charge is 0.0708 e. The molecule has 0 unspecified atom stereocenters. The Bertz CT molecular complexity index is 1260. The molecule has 3 aromatic carbocycles. The van der Waals surface area contributed by atoms with E-state index < -0.39 is 0 Å². The third-order valence-corrected chi connectivity index (χ3v) is 4.96. The molecule has 132 valence electrons. The zero-order valence-corrected chi connectivity index (χ0v) is 15.3. The Morgan fingerprint density at radius 1 is 0.429 bits per heavy atom. The third kappa shape index (κ3) is 3.17. The number of hydrogen-bond acceptors (Lipinski definition) is 2. The zero-order valence-electron chi connectivity index (χ0n) is 15.3. The highest BCUT2D eigenvalue weighted by molar-refractivity contribution is 5.84. The first-order chi connectivity index (χ1) is 13.9. The summed E-state index contributed by atoms with van der Waals surface area (Å²) in [7, 11) is 0. The Morgan fingerprint density at radius 2 is 1.21 bits per heavy atom. The van der Waals surface area contributed by atoms with Crippen molar-refractivity contribution in [3.8, 4) is 33.5 Å². The lowest BCUT2D eigenvalue weighted by Gasteiger charge is -2.08. The molecule has 28 heavy (non-hydrogen) atoms. The molecule has 2 aromatic heterocycles. The van der Waals surface area contributed by atoms with Gasteiger partial charge in [0.25, 0.3) is 0 Å². The summed E-state index contributed by atoms with van der Waals surface area (Å²) in [6, 6.07) is 33.6. The lowest BCUT2D eigenvalue weighted by Crippen LogP contribution is -1.87. The van der Waals surface area contributed by atoms with E-state index in [2.05, 4.69) is 94.9 Å². The van der Waals surface area contributed by atoms with Crippen LogP contribution in [-0.2, 0) is 0 Å². The molecule has 0 N–H and O–H groups in total. The fraction of sp³-hybridized carbons (Fsp3) is 0. The van der Waals surface area contributed by atoms with Gasteiger partial charge in [0, 0.05) is 23.3 Å². The van der Waals surface area contributed by atoms with Gasteiger partial charge >= 0.3 is 0 Å². The van der Waals surface area contributed by atoms with Crippen LogP contribution in [0.2, 0.25) is 0 Å². The van der Waals surface area contributed by atoms with Gasteiger partial charge in [0.15, 0.2) is 0 Å². The predicted octanol–water partition coefficient (Wildman–Crippen LogP) is 6.63. The molecule has 0 aliphatic rings. The predicted molar refractivity (Wildman–Crippen MR) is 116 cm³/mol. The quantitative estimate of drug-likeness (QED) is 0.362. The van der Waals surface area contributed by atoms with Crippen molar-refractivity contribution in [3.05, 3.63) is 109 Å². The minimum absolute atomic E-state index is 0.969. The molecule has 0 fully saturated rings. The second kappa shape index (κ2) is 7.09. The summed E-state index contributed by atoms with van der Waals surface area (Å²) >= 11 is 0. The summed E-state index contributed by atoms with van der Waals surface area (Å²) in [6.07, 6.45) is 3.71. The van der Waals surface area contributed by atoms with E-state index in [1.54, 1.807) is 0 Å². The van der Waals surface area contributed by atoms with Crippen LogP contribution in [0.15, 0.2) is 109 Å². The summed E-state index contributed by atoms with van der Waals surface area (Å²) < 4.78 is 0. The number of hydrogen-bond donors (Lipinski definition) is 0. The van der Waals surface area contributed by atoms with Crippen LogP contribution >= 0.6 is 0 Å². The maximum absolute atomic E-state index is 4.62. The van der Waals surface area contributed by atoms with Gasteiger partial charge < -0.3 is 0 Å². The van der Waals surface area contributed by atoms with Gasteiger partial charge in [-0.05, 0) is 52.6 Å². The maximum Gasteiger partial charge on any atom is 0.0708 e. The standard InChI is InChI=1S/C26H18N2/c1-2-6-19(7-3-1)21-8-4-9-24(16-21)26-18-23(13-15-28-26)22-12-11-20-10-5-14-27-25(20)17-22/h1-18H. The molecule has 0 atom stereocenters. The van der Waals surface area contributed by atoms with Crippen molar-refractivity contribution in [1.29, 1.82) is 0 Å². The van der Waals surface area contributed by atoms with Crippen molar-refractivity contribution in [1.82, 2.24) is 9.97 Å². The Morgan fingerprint density at radius 3 is 2.14 bits per heavy atom. The van der Waals surface area contributed by atoms with Crippen molar-refractivity contribution in [2.45, 2.75) is 0 Å². The van der Waals surface area contributed by atoms with E-state index in [4.69, 9.17) is 0 Å². The highest BCUT2D eigenvalue weighted by atomic mass is 14.7. The second-order valence-electron chi connectivity index (χ2n) is 6.79. The van der Waals surface area contributed by atoms with Gasteiger partial charge in [0.05, 0.1) is 11.2 Å². The number of rotatable bonds is 3. The van der Waals surface area contributed by atoms with Gasteiger partial charge in [0.1, 0.15) is 0 Å². The lowest BCUT2D eigenvalue weighted by atomic mass is 9.99. The molecule has 0 aliphatic carbocycles. The summed E-state index contributed by atoms with van der Waals surface area (Å²) in [4.78, 5) is 9.09. The molecule has 0 saturated carbocycles. The van der Waals surface area contributed by atoms with Gasteiger partial charge in [-0.15, -0.1) is 0 Å². The van der Waals surface area contributed by atoms with E-state index in [-0.39, 0.29) is 0 Å². The van der Waals surface area contributed by atoms with Crippen LogP contribution in [0.1, 0.15) is 0 Å². The largest absolute Gasteiger partial charge is 0.256 e. The highest BCUT2D eigenvalue weighted by Crippen LogP contribution is 2.29. The second-order valence-corrected chi connectivity index (χ2v) is 6.79. The Labute approximate surface area is 164 Å². The average Bonchev–Trinajstić information content (AvgIpc) is 2.79. The van der Waals surface area contributed by atoms with E-state index in [0.717, 1.165) is 33.3 Å². The van der Waals surface area contributed by atoms with Crippen LogP contribution in [0.25, 0.3) is 44.4 Å². The van der Waals surface area contributed by atoms with Gasteiger partial charge in [0.2, 0.25) is 0 Å². The molecule has 0 amide bonds. The summed E-state index contributed by atoms with van der Waals surface area (Å²) in [5.41, 5.74) is 7.78. The minimum atomic E-state index is 0.969. The first-order valence-corrected chi connectivity index (χ1v) is 9.34. The highest BCUT2D eigenvalue weighted by Gasteiger charge is 2.06. The molecule has 0 spiro atoms. The molecular formula is C26H18N2. The molecule has 2 heterocycles. The van der Waals surface area contributed by atoms with Crippen LogP contribution in [0.5, 0.6) is 0 Å².